The van der Waals surface area contributed by atoms with Gasteiger partial charge in [0, 0.05) is 18.2 Å². The van der Waals surface area contributed by atoms with Gasteiger partial charge in [-0.05, 0) is 31.9 Å². The smallest absolute Gasteiger partial charge is 0.307 e. The van der Waals surface area contributed by atoms with Crippen LogP contribution < -0.4 is 14.8 Å². The van der Waals surface area contributed by atoms with E-state index in [4.69, 9.17) is 9.47 Å². The molecule has 0 saturated heterocycles. The third-order valence-corrected chi connectivity index (χ3v) is 4.45. The van der Waals surface area contributed by atoms with Crippen LogP contribution in [0.15, 0.2) is 18.2 Å². The molecule has 2 rings (SSSR count). The van der Waals surface area contributed by atoms with E-state index in [0.717, 1.165) is 18.4 Å². The minimum atomic E-state index is -0.880. The molecule has 6 heteroatoms. The van der Waals surface area contributed by atoms with Crippen LogP contribution in [0, 0.1) is 11.8 Å². The molecule has 0 aliphatic heterocycles. The Morgan fingerprint density at radius 3 is 2.58 bits per heavy atom. The summed E-state index contributed by atoms with van der Waals surface area (Å²) < 4.78 is 10.8. The van der Waals surface area contributed by atoms with Crippen molar-refractivity contribution in [2.24, 2.45) is 11.8 Å². The zero-order valence-electron chi connectivity index (χ0n) is 14.2. The summed E-state index contributed by atoms with van der Waals surface area (Å²) in [4.78, 5) is 23.8. The summed E-state index contributed by atoms with van der Waals surface area (Å²) in [5, 5.41) is 12.2. The van der Waals surface area contributed by atoms with Crippen LogP contribution in [-0.4, -0.2) is 30.7 Å². The number of nitrogens with one attached hydrogen (secondary N) is 1. The Balaban J connectivity index is 2.04. The van der Waals surface area contributed by atoms with E-state index in [1.165, 1.54) is 0 Å². The molecule has 2 unspecified atom stereocenters. The van der Waals surface area contributed by atoms with Crippen LogP contribution in [0.4, 0.5) is 0 Å². The Morgan fingerprint density at radius 2 is 1.96 bits per heavy atom. The number of hydrogen-bond acceptors (Lipinski definition) is 4. The summed E-state index contributed by atoms with van der Waals surface area (Å²) in [6.07, 6.45) is 2.96. The number of benzene rings is 1. The Kier molecular flexibility index (Phi) is 6.46. The molecule has 24 heavy (non-hydrogen) atoms. The van der Waals surface area contributed by atoms with Gasteiger partial charge in [0.1, 0.15) is 11.5 Å². The molecule has 1 aromatic rings. The van der Waals surface area contributed by atoms with Gasteiger partial charge < -0.3 is 19.9 Å². The van der Waals surface area contributed by atoms with Crippen molar-refractivity contribution >= 4 is 11.9 Å². The van der Waals surface area contributed by atoms with Gasteiger partial charge in [0.05, 0.1) is 25.6 Å². The zero-order valence-corrected chi connectivity index (χ0v) is 14.2. The first-order valence-electron chi connectivity index (χ1n) is 8.37. The molecular formula is C18H25NO5. The topological polar surface area (TPSA) is 84.9 Å². The van der Waals surface area contributed by atoms with Gasteiger partial charge in [-0.2, -0.15) is 0 Å². The van der Waals surface area contributed by atoms with Gasteiger partial charge in [-0.25, -0.2) is 0 Å². The van der Waals surface area contributed by atoms with Gasteiger partial charge >= 0.3 is 5.97 Å². The number of methoxy groups -OCH3 is 1. The van der Waals surface area contributed by atoms with Crippen molar-refractivity contribution in [3.05, 3.63) is 23.8 Å². The number of rotatable bonds is 7. The van der Waals surface area contributed by atoms with Crippen LogP contribution in [0.25, 0.3) is 0 Å². The SMILES string of the molecule is CCOc1cc(OC)ccc1CNC(=O)C1CCCCC1C(=O)O. The van der Waals surface area contributed by atoms with E-state index < -0.39 is 17.8 Å². The second kappa shape index (κ2) is 8.57. The van der Waals surface area contributed by atoms with Gasteiger partial charge in [0.25, 0.3) is 0 Å². The summed E-state index contributed by atoms with van der Waals surface area (Å²) >= 11 is 0. The minimum absolute atomic E-state index is 0.194. The molecule has 0 radical (unpaired) electrons. The molecule has 0 bridgehead atoms. The largest absolute Gasteiger partial charge is 0.497 e. The molecule has 1 aliphatic rings. The Bertz CT molecular complexity index is 587. The molecule has 0 spiro atoms. The van der Waals surface area contributed by atoms with E-state index in [1.54, 1.807) is 13.2 Å². The minimum Gasteiger partial charge on any atom is -0.497 e. The molecule has 1 saturated carbocycles. The number of carbonyl (C=O) groups is 2. The summed E-state index contributed by atoms with van der Waals surface area (Å²) in [5.74, 6) is -0.761. The molecule has 0 heterocycles. The molecule has 2 atom stereocenters. The van der Waals surface area contributed by atoms with Crippen molar-refractivity contribution in [2.75, 3.05) is 13.7 Å². The van der Waals surface area contributed by atoms with E-state index >= 15 is 0 Å². The average molecular weight is 335 g/mol. The molecule has 0 aromatic heterocycles. The van der Waals surface area contributed by atoms with Gasteiger partial charge in [-0.3, -0.25) is 9.59 Å². The first-order chi connectivity index (χ1) is 11.6. The predicted octanol–water partition coefficient (Wildman–Crippen LogP) is 2.60. The highest BCUT2D eigenvalue weighted by Crippen LogP contribution is 2.31. The molecule has 1 aliphatic carbocycles. The van der Waals surface area contributed by atoms with Crippen LogP contribution in [0.5, 0.6) is 11.5 Å². The zero-order chi connectivity index (χ0) is 17.5. The molecule has 2 N–H and O–H groups in total. The van der Waals surface area contributed by atoms with Crippen LogP contribution in [-0.2, 0) is 16.1 Å². The maximum absolute atomic E-state index is 12.4. The summed E-state index contributed by atoms with van der Waals surface area (Å²) in [6.45, 7) is 2.71. The van der Waals surface area contributed by atoms with Crippen LogP contribution in [0.2, 0.25) is 0 Å². The lowest BCUT2D eigenvalue weighted by atomic mass is 9.78. The summed E-state index contributed by atoms with van der Waals surface area (Å²) in [7, 11) is 1.58. The van der Waals surface area contributed by atoms with Crippen molar-refractivity contribution in [2.45, 2.75) is 39.2 Å². The van der Waals surface area contributed by atoms with Gasteiger partial charge in [0.2, 0.25) is 5.91 Å². The van der Waals surface area contributed by atoms with E-state index in [9.17, 15) is 14.7 Å². The number of carboxylic acids is 1. The maximum atomic E-state index is 12.4. The predicted molar refractivity (Wildman–Crippen MR) is 89.1 cm³/mol. The summed E-state index contributed by atoms with van der Waals surface area (Å²) in [5.41, 5.74) is 0.841. The van der Waals surface area contributed by atoms with Crippen molar-refractivity contribution in [1.29, 1.82) is 0 Å². The first kappa shape index (κ1) is 18.1. The number of amides is 1. The van der Waals surface area contributed by atoms with E-state index in [1.807, 2.05) is 19.1 Å². The summed E-state index contributed by atoms with van der Waals surface area (Å²) in [6, 6.07) is 5.44. The molecule has 1 fully saturated rings. The lowest BCUT2D eigenvalue weighted by Gasteiger charge is -2.27. The second-order valence-electron chi connectivity index (χ2n) is 5.96. The number of carboxylic acid groups (broad SMARTS) is 1. The number of aliphatic carboxylic acids is 1. The highest BCUT2D eigenvalue weighted by molar-refractivity contribution is 5.84. The van der Waals surface area contributed by atoms with Crippen molar-refractivity contribution in [3.63, 3.8) is 0 Å². The second-order valence-corrected chi connectivity index (χ2v) is 5.96. The molecule has 6 nitrogen and oxygen atoms in total. The quantitative estimate of drug-likeness (QED) is 0.800. The number of carbonyl (C=O) groups excluding carboxylic acids is 1. The van der Waals surface area contributed by atoms with Gasteiger partial charge in [-0.15, -0.1) is 0 Å². The van der Waals surface area contributed by atoms with E-state index in [-0.39, 0.29) is 5.91 Å². The highest BCUT2D eigenvalue weighted by atomic mass is 16.5. The average Bonchev–Trinajstić information content (AvgIpc) is 2.60. The standard InChI is InChI=1S/C18H25NO5/c1-3-24-16-10-13(23-2)9-8-12(16)11-19-17(20)14-6-4-5-7-15(14)18(21)22/h8-10,14-15H,3-7,11H2,1-2H3,(H,19,20)(H,21,22). The lowest BCUT2D eigenvalue weighted by molar-refractivity contribution is -0.148. The molecule has 132 valence electrons. The normalized spacial score (nSPS) is 20.2. The van der Waals surface area contributed by atoms with E-state index in [2.05, 4.69) is 5.32 Å². The maximum Gasteiger partial charge on any atom is 0.307 e. The Morgan fingerprint density at radius 1 is 1.25 bits per heavy atom. The van der Waals surface area contributed by atoms with E-state index in [0.29, 0.717) is 37.5 Å². The lowest BCUT2D eigenvalue weighted by Crippen LogP contribution is -2.39. The van der Waals surface area contributed by atoms with Crippen molar-refractivity contribution < 1.29 is 24.2 Å². The van der Waals surface area contributed by atoms with Crippen molar-refractivity contribution in [3.8, 4) is 11.5 Å². The van der Waals surface area contributed by atoms with Gasteiger partial charge in [-0.1, -0.05) is 12.8 Å². The molecular weight excluding hydrogens is 310 g/mol. The molecule has 1 amide bonds. The fourth-order valence-corrected chi connectivity index (χ4v) is 3.15. The fraction of sp³-hybridized carbons (Fsp3) is 0.556. The van der Waals surface area contributed by atoms with Crippen LogP contribution in [0.1, 0.15) is 38.2 Å². The fourth-order valence-electron chi connectivity index (χ4n) is 3.15. The third kappa shape index (κ3) is 4.40. The Labute approximate surface area is 142 Å². The highest BCUT2D eigenvalue weighted by Gasteiger charge is 2.35. The number of hydrogen-bond donors (Lipinski definition) is 2. The third-order valence-electron chi connectivity index (χ3n) is 4.45. The Hall–Kier alpha value is -2.24. The van der Waals surface area contributed by atoms with Crippen LogP contribution >= 0.6 is 0 Å². The van der Waals surface area contributed by atoms with Gasteiger partial charge in [0.15, 0.2) is 0 Å². The first-order valence-corrected chi connectivity index (χ1v) is 8.37. The van der Waals surface area contributed by atoms with Crippen LogP contribution in [0.3, 0.4) is 0 Å². The van der Waals surface area contributed by atoms with Crippen molar-refractivity contribution in [1.82, 2.24) is 5.32 Å². The monoisotopic (exact) mass is 335 g/mol. The number of ether oxygens (including phenoxy) is 2. The molecule has 1 aromatic carbocycles.